The van der Waals surface area contributed by atoms with Gasteiger partial charge in [-0.25, -0.2) is 0 Å². The van der Waals surface area contributed by atoms with Crippen molar-refractivity contribution in [3.05, 3.63) is 0 Å². The standard InChI is InChI=1S/C11H25N/c1-5-6-7-11(9-12-4)8-10(2)3/h10-12H,5-9H2,1-4H3. The third-order valence-corrected chi connectivity index (χ3v) is 2.26. The van der Waals surface area contributed by atoms with Gasteiger partial charge in [0.05, 0.1) is 0 Å². The quantitative estimate of drug-likeness (QED) is 0.621. The molecule has 0 aliphatic heterocycles. The lowest BCUT2D eigenvalue weighted by Crippen LogP contribution is -2.20. The lowest BCUT2D eigenvalue weighted by Gasteiger charge is -2.17. The first kappa shape index (κ1) is 12.0. The second kappa shape index (κ2) is 7.60. The first-order valence-electron chi connectivity index (χ1n) is 5.35. The zero-order chi connectivity index (χ0) is 9.40. The van der Waals surface area contributed by atoms with Gasteiger partial charge in [0.1, 0.15) is 0 Å². The van der Waals surface area contributed by atoms with E-state index in [9.17, 15) is 0 Å². The zero-order valence-electron chi connectivity index (χ0n) is 9.19. The smallest absolute Gasteiger partial charge is 0.00234 e. The molecule has 12 heavy (non-hydrogen) atoms. The van der Waals surface area contributed by atoms with Crippen LogP contribution in [-0.4, -0.2) is 13.6 Å². The van der Waals surface area contributed by atoms with E-state index in [4.69, 9.17) is 0 Å². The average Bonchev–Trinajstić information content (AvgIpc) is 2.00. The maximum atomic E-state index is 3.28. The molecule has 0 amide bonds. The Morgan fingerprint density at radius 2 is 1.92 bits per heavy atom. The molecule has 0 aromatic carbocycles. The summed E-state index contributed by atoms with van der Waals surface area (Å²) in [5.74, 6) is 1.75. The number of rotatable bonds is 7. The Morgan fingerprint density at radius 3 is 2.33 bits per heavy atom. The summed E-state index contributed by atoms with van der Waals surface area (Å²) in [5, 5.41) is 3.28. The van der Waals surface area contributed by atoms with Crippen LogP contribution in [0.3, 0.4) is 0 Å². The van der Waals surface area contributed by atoms with Gasteiger partial charge in [0.25, 0.3) is 0 Å². The SMILES string of the molecule is CCCCC(CNC)CC(C)C. The van der Waals surface area contributed by atoms with E-state index in [2.05, 4.69) is 33.1 Å². The maximum absolute atomic E-state index is 3.28. The number of hydrogen-bond acceptors (Lipinski definition) is 1. The Morgan fingerprint density at radius 1 is 1.25 bits per heavy atom. The highest BCUT2D eigenvalue weighted by molar-refractivity contribution is 4.63. The van der Waals surface area contributed by atoms with Crippen molar-refractivity contribution in [2.24, 2.45) is 11.8 Å². The van der Waals surface area contributed by atoms with E-state index in [0.29, 0.717) is 0 Å². The van der Waals surface area contributed by atoms with Gasteiger partial charge in [0.15, 0.2) is 0 Å². The third-order valence-electron chi connectivity index (χ3n) is 2.26. The molecule has 0 aromatic rings. The second-order valence-corrected chi connectivity index (χ2v) is 4.20. The van der Waals surface area contributed by atoms with Crippen LogP contribution in [-0.2, 0) is 0 Å². The highest BCUT2D eigenvalue weighted by Gasteiger charge is 2.08. The van der Waals surface area contributed by atoms with Crippen LogP contribution in [0.25, 0.3) is 0 Å². The van der Waals surface area contributed by atoms with Gasteiger partial charge in [-0.05, 0) is 38.3 Å². The molecule has 0 saturated heterocycles. The van der Waals surface area contributed by atoms with Crippen molar-refractivity contribution in [1.82, 2.24) is 5.32 Å². The van der Waals surface area contributed by atoms with E-state index < -0.39 is 0 Å². The molecule has 0 fully saturated rings. The molecule has 0 bridgehead atoms. The molecule has 1 atom stereocenters. The first-order valence-corrected chi connectivity index (χ1v) is 5.35. The average molecular weight is 171 g/mol. The van der Waals surface area contributed by atoms with Crippen molar-refractivity contribution >= 4 is 0 Å². The third kappa shape index (κ3) is 6.66. The van der Waals surface area contributed by atoms with Crippen LogP contribution in [0.2, 0.25) is 0 Å². The molecule has 0 aromatic heterocycles. The molecular formula is C11H25N. The molecule has 0 rings (SSSR count). The summed E-state index contributed by atoms with van der Waals surface area (Å²) in [6.07, 6.45) is 5.49. The second-order valence-electron chi connectivity index (χ2n) is 4.20. The Kier molecular flexibility index (Phi) is 7.58. The molecule has 1 unspecified atom stereocenters. The number of nitrogens with one attached hydrogen (secondary N) is 1. The van der Waals surface area contributed by atoms with Crippen LogP contribution in [0.1, 0.15) is 46.5 Å². The molecular weight excluding hydrogens is 146 g/mol. The van der Waals surface area contributed by atoms with Gasteiger partial charge < -0.3 is 5.32 Å². The van der Waals surface area contributed by atoms with Crippen LogP contribution >= 0.6 is 0 Å². The normalized spacial score (nSPS) is 13.8. The highest BCUT2D eigenvalue weighted by Crippen LogP contribution is 2.17. The summed E-state index contributed by atoms with van der Waals surface area (Å²) in [6, 6.07) is 0. The van der Waals surface area contributed by atoms with Gasteiger partial charge in [-0.1, -0.05) is 33.6 Å². The van der Waals surface area contributed by atoms with Crippen molar-refractivity contribution < 1.29 is 0 Å². The monoisotopic (exact) mass is 171 g/mol. The fourth-order valence-corrected chi connectivity index (χ4v) is 1.75. The summed E-state index contributed by atoms with van der Waals surface area (Å²) in [6.45, 7) is 8.09. The Balaban J connectivity index is 3.54. The summed E-state index contributed by atoms with van der Waals surface area (Å²) in [4.78, 5) is 0. The largest absolute Gasteiger partial charge is 0.319 e. The van der Waals surface area contributed by atoms with E-state index in [1.807, 2.05) is 0 Å². The molecule has 1 N–H and O–H groups in total. The van der Waals surface area contributed by atoms with Crippen LogP contribution < -0.4 is 5.32 Å². The van der Waals surface area contributed by atoms with Gasteiger partial charge >= 0.3 is 0 Å². The van der Waals surface area contributed by atoms with Gasteiger partial charge in [0, 0.05) is 0 Å². The van der Waals surface area contributed by atoms with Crippen molar-refractivity contribution in [3.63, 3.8) is 0 Å². The molecule has 1 nitrogen and oxygen atoms in total. The van der Waals surface area contributed by atoms with Gasteiger partial charge in [0.2, 0.25) is 0 Å². The molecule has 1 heteroatoms. The molecule has 74 valence electrons. The molecule has 0 radical (unpaired) electrons. The summed E-state index contributed by atoms with van der Waals surface area (Å²) >= 11 is 0. The van der Waals surface area contributed by atoms with E-state index in [0.717, 1.165) is 11.8 Å². The lowest BCUT2D eigenvalue weighted by molar-refractivity contribution is 0.366. The predicted molar refractivity (Wildman–Crippen MR) is 56.4 cm³/mol. The molecule has 0 saturated carbocycles. The van der Waals surface area contributed by atoms with Crippen LogP contribution in [0.5, 0.6) is 0 Å². The molecule has 0 spiro atoms. The molecule has 0 aliphatic carbocycles. The highest BCUT2D eigenvalue weighted by atomic mass is 14.8. The van der Waals surface area contributed by atoms with Crippen LogP contribution in [0.4, 0.5) is 0 Å². The van der Waals surface area contributed by atoms with Crippen LogP contribution in [0, 0.1) is 11.8 Å². The first-order chi connectivity index (χ1) is 5.70. The maximum Gasteiger partial charge on any atom is -0.00234 e. The van der Waals surface area contributed by atoms with Crippen molar-refractivity contribution in [2.75, 3.05) is 13.6 Å². The van der Waals surface area contributed by atoms with E-state index in [1.54, 1.807) is 0 Å². The Hall–Kier alpha value is -0.0400. The Bertz CT molecular complexity index is 89.0. The van der Waals surface area contributed by atoms with Crippen molar-refractivity contribution in [1.29, 1.82) is 0 Å². The summed E-state index contributed by atoms with van der Waals surface area (Å²) < 4.78 is 0. The molecule has 0 heterocycles. The summed E-state index contributed by atoms with van der Waals surface area (Å²) in [5.41, 5.74) is 0. The van der Waals surface area contributed by atoms with E-state index >= 15 is 0 Å². The fraction of sp³-hybridized carbons (Fsp3) is 1.00. The van der Waals surface area contributed by atoms with Crippen LogP contribution in [0.15, 0.2) is 0 Å². The van der Waals surface area contributed by atoms with E-state index in [-0.39, 0.29) is 0 Å². The predicted octanol–water partition coefficient (Wildman–Crippen LogP) is 3.06. The van der Waals surface area contributed by atoms with Gasteiger partial charge in [-0.2, -0.15) is 0 Å². The fourth-order valence-electron chi connectivity index (χ4n) is 1.75. The van der Waals surface area contributed by atoms with E-state index in [1.165, 1.54) is 32.2 Å². The van der Waals surface area contributed by atoms with Crippen molar-refractivity contribution in [3.8, 4) is 0 Å². The number of hydrogen-bond donors (Lipinski definition) is 1. The lowest BCUT2D eigenvalue weighted by atomic mass is 9.92. The summed E-state index contributed by atoms with van der Waals surface area (Å²) in [7, 11) is 2.05. The Labute approximate surface area is 77.9 Å². The molecule has 0 aliphatic rings. The minimum absolute atomic E-state index is 0.847. The zero-order valence-corrected chi connectivity index (χ0v) is 9.19. The van der Waals surface area contributed by atoms with Gasteiger partial charge in [-0.3, -0.25) is 0 Å². The topological polar surface area (TPSA) is 12.0 Å². The minimum Gasteiger partial charge on any atom is -0.319 e. The number of unbranched alkanes of at least 4 members (excludes halogenated alkanes) is 1. The minimum atomic E-state index is 0.847. The van der Waals surface area contributed by atoms with Gasteiger partial charge in [-0.15, -0.1) is 0 Å². The van der Waals surface area contributed by atoms with Crippen molar-refractivity contribution in [2.45, 2.75) is 46.5 Å².